The van der Waals surface area contributed by atoms with E-state index in [1.165, 1.54) is 38.5 Å². The SMILES string of the molecule is COCCNC(=S)Nc1nc(N2CCCCCC2)cc(N2CCC(C)CC2)n1. The number of nitrogens with zero attached hydrogens (tertiary/aromatic N) is 4. The quantitative estimate of drug-likeness (QED) is 0.552. The van der Waals surface area contributed by atoms with Crippen molar-refractivity contribution >= 4 is 34.9 Å². The number of piperidine rings is 1. The van der Waals surface area contributed by atoms with Crippen LogP contribution < -0.4 is 20.4 Å². The average molecular weight is 407 g/mol. The van der Waals surface area contributed by atoms with E-state index in [1.54, 1.807) is 7.11 Å². The van der Waals surface area contributed by atoms with Gasteiger partial charge >= 0.3 is 0 Å². The molecule has 0 radical (unpaired) electrons. The minimum Gasteiger partial charge on any atom is -0.383 e. The number of thiocarbonyl (C=S) groups is 1. The summed E-state index contributed by atoms with van der Waals surface area (Å²) in [5, 5.41) is 6.84. The van der Waals surface area contributed by atoms with Crippen LogP contribution in [0.5, 0.6) is 0 Å². The second kappa shape index (κ2) is 10.8. The highest BCUT2D eigenvalue weighted by atomic mass is 32.1. The Kier molecular flexibility index (Phi) is 8.09. The van der Waals surface area contributed by atoms with Gasteiger partial charge in [0.15, 0.2) is 5.11 Å². The maximum Gasteiger partial charge on any atom is 0.232 e. The number of aromatic nitrogens is 2. The minimum absolute atomic E-state index is 0.531. The van der Waals surface area contributed by atoms with Crippen LogP contribution in [0.15, 0.2) is 6.07 Å². The topological polar surface area (TPSA) is 65.6 Å². The van der Waals surface area contributed by atoms with Crippen molar-refractivity contribution in [3.63, 3.8) is 0 Å². The summed E-state index contributed by atoms with van der Waals surface area (Å²) >= 11 is 5.40. The highest BCUT2D eigenvalue weighted by Crippen LogP contribution is 2.27. The molecule has 8 heteroatoms. The van der Waals surface area contributed by atoms with Gasteiger partial charge in [0.25, 0.3) is 0 Å². The lowest BCUT2D eigenvalue weighted by atomic mass is 9.99. The van der Waals surface area contributed by atoms with Gasteiger partial charge in [-0.3, -0.25) is 0 Å². The smallest absolute Gasteiger partial charge is 0.232 e. The lowest BCUT2D eigenvalue weighted by Crippen LogP contribution is -2.35. The first-order valence-corrected chi connectivity index (χ1v) is 11.0. The summed E-state index contributed by atoms with van der Waals surface area (Å²) in [6.07, 6.45) is 7.47. The monoisotopic (exact) mass is 406 g/mol. The standard InChI is InChI=1S/C20H34N6OS/c1-16-7-12-26(13-8-16)18-15-17(25-10-5-3-4-6-11-25)22-19(23-18)24-20(28)21-9-14-27-2/h15-16H,3-14H2,1-2H3,(H2,21,22,23,24,28). The zero-order valence-corrected chi connectivity index (χ0v) is 18.1. The van der Waals surface area contributed by atoms with Crippen molar-refractivity contribution in [2.75, 3.05) is 61.6 Å². The van der Waals surface area contributed by atoms with Crippen molar-refractivity contribution in [2.24, 2.45) is 5.92 Å². The first-order valence-electron chi connectivity index (χ1n) is 10.6. The van der Waals surface area contributed by atoms with E-state index in [2.05, 4.69) is 33.4 Å². The number of hydrogen-bond acceptors (Lipinski definition) is 6. The van der Waals surface area contributed by atoms with E-state index >= 15 is 0 Å². The van der Waals surface area contributed by atoms with Gasteiger partial charge in [-0.1, -0.05) is 19.8 Å². The van der Waals surface area contributed by atoms with Crippen molar-refractivity contribution < 1.29 is 4.74 Å². The Bertz CT molecular complexity index is 627. The van der Waals surface area contributed by atoms with E-state index in [-0.39, 0.29) is 0 Å². The Labute approximate surface area is 174 Å². The first kappa shape index (κ1) is 21.0. The number of rotatable bonds is 6. The Balaban J connectivity index is 1.77. The second-order valence-corrected chi connectivity index (χ2v) is 8.26. The molecule has 1 aromatic rings. The molecule has 7 nitrogen and oxygen atoms in total. The van der Waals surface area contributed by atoms with Crippen LogP contribution in [0, 0.1) is 5.92 Å². The minimum atomic E-state index is 0.531. The molecule has 2 fully saturated rings. The van der Waals surface area contributed by atoms with Gasteiger partial charge in [-0.05, 0) is 43.8 Å². The molecule has 0 atom stereocenters. The molecule has 3 rings (SSSR count). The summed E-state index contributed by atoms with van der Waals surface area (Å²) in [5.74, 6) is 3.37. The lowest BCUT2D eigenvalue weighted by molar-refractivity contribution is 0.204. The van der Waals surface area contributed by atoms with E-state index in [1.807, 2.05) is 0 Å². The summed E-state index contributed by atoms with van der Waals surface area (Å²) in [4.78, 5) is 14.4. The zero-order chi connectivity index (χ0) is 19.8. The maximum absolute atomic E-state index is 5.40. The van der Waals surface area contributed by atoms with Gasteiger partial charge in [0.05, 0.1) is 6.61 Å². The van der Waals surface area contributed by atoms with E-state index in [0.717, 1.165) is 43.7 Å². The summed E-state index contributed by atoms with van der Waals surface area (Å²) in [7, 11) is 1.68. The molecule has 3 heterocycles. The average Bonchev–Trinajstić information content (AvgIpc) is 2.98. The molecule has 156 valence electrons. The van der Waals surface area contributed by atoms with Crippen LogP contribution in [-0.4, -0.2) is 61.5 Å². The van der Waals surface area contributed by atoms with Crippen LogP contribution >= 0.6 is 12.2 Å². The van der Waals surface area contributed by atoms with Crippen molar-refractivity contribution in [1.29, 1.82) is 0 Å². The van der Waals surface area contributed by atoms with E-state index in [4.69, 9.17) is 26.9 Å². The Hall–Kier alpha value is -1.67. The molecule has 0 aliphatic carbocycles. The third-order valence-corrected chi connectivity index (χ3v) is 5.80. The molecule has 0 amide bonds. The summed E-state index contributed by atoms with van der Waals surface area (Å²) in [5.41, 5.74) is 0. The molecule has 0 unspecified atom stereocenters. The van der Waals surface area contributed by atoms with Gasteiger partial charge in [-0.15, -0.1) is 0 Å². The molecule has 0 spiro atoms. The first-order chi connectivity index (χ1) is 13.7. The van der Waals surface area contributed by atoms with Crippen molar-refractivity contribution in [3.05, 3.63) is 6.07 Å². The fraction of sp³-hybridized carbons (Fsp3) is 0.750. The van der Waals surface area contributed by atoms with Crippen molar-refractivity contribution in [2.45, 2.75) is 45.4 Å². The van der Waals surface area contributed by atoms with Gasteiger partial charge in [-0.2, -0.15) is 9.97 Å². The predicted octanol–water partition coefficient (Wildman–Crippen LogP) is 3.03. The highest BCUT2D eigenvalue weighted by Gasteiger charge is 2.20. The van der Waals surface area contributed by atoms with Gasteiger partial charge < -0.3 is 25.2 Å². The van der Waals surface area contributed by atoms with Gasteiger partial charge in [0, 0.05) is 45.9 Å². The maximum atomic E-state index is 5.40. The van der Waals surface area contributed by atoms with Crippen LogP contribution in [0.4, 0.5) is 17.6 Å². The predicted molar refractivity (Wildman–Crippen MR) is 119 cm³/mol. The molecule has 0 bridgehead atoms. The summed E-state index contributed by atoms with van der Waals surface area (Å²) in [6, 6.07) is 2.16. The van der Waals surface area contributed by atoms with E-state index in [0.29, 0.717) is 24.2 Å². The van der Waals surface area contributed by atoms with Gasteiger partial charge in [0.2, 0.25) is 5.95 Å². The fourth-order valence-corrected chi connectivity index (χ4v) is 3.95. The third kappa shape index (κ3) is 6.17. The van der Waals surface area contributed by atoms with Gasteiger partial charge in [-0.25, -0.2) is 0 Å². The molecule has 2 saturated heterocycles. The molecule has 0 aromatic carbocycles. The third-order valence-electron chi connectivity index (χ3n) is 5.55. The number of nitrogens with one attached hydrogen (secondary N) is 2. The molecular weight excluding hydrogens is 372 g/mol. The molecule has 28 heavy (non-hydrogen) atoms. The second-order valence-electron chi connectivity index (χ2n) is 7.85. The van der Waals surface area contributed by atoms with Crippen LogP contribution in [0.3, 0.4) is 0 Å². The molecular formula is C20H34N6OS. The van der Waals surface area contributed by atoms with Crippen LogP contribution in [-0.2, 0) is 4.74 Å². The molecule has 2 aliphatic rings. The van der Waals surface area contributed by atoms with Crippen LogP contribution in [0.2, 0.25) is 0 Å². The number of anilines is 3. The van der Waals surface area contributed by atoms with Crippen molar-refractivity contribution in [1.82, 2.24) is 15.3 Å². The molecule has 1 aromatic heterocycles. The lowest BCUT2D eigenvalue weighted by Gasteiger charge is -2.32. The number of ether oxygens (including phenoxy) is 1. The van der Waals surface area contributed by atoms with Crippen LogP contribution in [0.1, 0.15) is 45.4 Å². The van der Waals surface area contributed by atoms with Crippen molar-refractivity contribution in [3.8, 4) is 0 Å². The van der Waals surface area contributed by atoms with E-state index in [9.17, 15) is 0 Å². The largest absolute Gasteiger partial charge is 0.383 e. The highest BCUT2D eigenvalue weighted by molar-refractivity contribution is 7.80. The molecule has 2 N–H and O–H groups in total. The van der Waals surface area contributed by atoms with E-state index < -0.39 is 0 Å². The number of hydrogen-bond donors (Lipinski definition) is 2. The Morgan fingerprint density at radius 2 is 1.68 bits per heavy atom. The Morgan fingerprint density at radius 3 is 2.29 bits per heavy atom. The fourth-order valence-electron chi connectivity index (χ4n) is 3.75. The zero-order valence-electron chi connectivity index (χ0n) is 17.2. The van der Waals surface area contributed by atoms with Gasteiger partial charge in [0.1, 0.15) is 11.6 Å². The Morgan fingerprint density at radius 1 is 1.07 bits per heavy atom. The molecule has 2 aliphatic heterocycles. The normalized spacial score (nSPS) is 18.6. The summed E-state index contributed by atoms with van der Waals surface area (Å²) < 4.78 is 5.07. The van der Waals surface area contributed by atoms with Crippen LogP contribution in [0.25, 0.3) is 0 Å². The summed E-state index contributed by atoms with van der Waals surface area (Å²) in [6.45, 7) is 7.81. The number of methoxy groups -OCH3 is 1. The molecule has 0 saturated carbocycles.